The van der Waals surface area contributed by atoms with Gasteiger partial charge >= 0.3 is 0 Å². The molecule has 24 heavy (non-hydrogen) atoms. The Morgan fingerprint density at radius 1 is 1.17 bits per heavy atom. The Morgan fingerprint density at radius 2 is 1.88 bits per heavy atom. The lowest BCUT2D eigenvalue weighted by molar-refractivity contribution is 0.102. The summed E-state index contributed by atoms with van der Waals surface area (Å²) < 4.78 is 5.15. The van der Waals surface area contributed by atoms with E-state index in [-0.39, 0.29) is 5.91 Å². The number of nitrogens with one attached hydrogen (secondary N) is 1. The average molecular weight is 327 g/mol. The fourth-order valence-corrected chi connectivity index (χ4v) is 2.51. The third kappa shape index (κ3) is 3.80. The predicted octanol–water partition coefficient (Wildman–Crippen LogP) is 1.49. The molecule has 7 nitrogen and oxygen atoms in total. The number of nitrogens with zero attached hydrogens (tertiary/aromatic N) is 4. The number of carbonyl (C=O) groups is 1. The van der Waals surface area contributed by atoms with E-state index in [0.29, 0.717) is 22.9 Å². The van der Waals surface area contributed by atoms with Crippen LogP contribution in [-0.4, -0.2) is 61.1 Å². The van der Waals surface area contributed by atoms with Crippen LogP contribution in [0.1, 0.15) is 10.4 Å². The molecule has 3 rings (SSSR count). The van der Waals surface area contributed by atoms with Gasteiger partial charge in [-0.15, -0.1) is 0 Å². The molecule has 1 aromatic heterocycles. The van der Waals surface area contributed by atoms with E-state index in [1.807, 2.05) is 12.1 Å². The first-order chi connectivity index (χ1) is 11.7. The molecule has 1 aliphatic rings. The van der Waals surface area contributed by atoms with Crippen LogP contribution in [0.5, 0.6) is 5.75 Å². The van der Waals surface area contributed by atoms with Crippen molar-refractivity contribution in [2.75, 3.05) is 50.6 Å². The molecule has 0 atom stereocenters. The van der Waals surface area contributed by atoms with Crippen LogP contribution in [0, 0.1) is 0 Å². The maximum atomic E-state index is 12.3. The maximum Gasteiger partial charge on any atom is 0.258 e. The van der Waals surface area contributed by atoms with Gasteiger partial charge in [0.2, 0.25) is 5.95 Å². The Kier molecular flexibility index (Phi) is 4.90. The molecule has 1 amide bonds. The van der Waals surface area contributed by atoms with E-state index >= 15 is 0 Å². The first-order valence-electron chi connectivity index (χ1n) is 7.86. The van der Waals surface area contributed by atoms with Crippen LogP contribution in [0.4, 0.5) is 11.6 Å². The zero-order valence-electron chi connectivity index (χ0n) is 13.9. The van der Waals surface area contributed by atoms with Crippen molar-refractivity contribution in [1.82, 2.24) is 14.9 Å². The number of rotatable bonds is 4. The molecule has 2 heterocycles. The molecular formula is C17H21N5O2. The van der Waals surface area contributed by atoms with E-state index in [0.717, 1.165) is 26.2 Å². The van der Waals surface area contributed by atoms with Crippen molar-refractivity contribution in [1.29, 1.82) is 0 Å². The second kappa shape index (κ2) is 7.27. The average Bonchev–Trinajstić information content (AvgIpc) is 2.62. The Morgan fingerprint density at radius 3 is 2.54 bits per heavy atom. The highest BCUT2D eigenvalue weighted by Crippen LogP contribution is 2.17. The summed E-state index contributed by atoms with van der Waals surface area (Å²) in [5.41, 5.74) is 1.10. The van der Waals surface area contributed by atoms with E-state index in [4.69, 9.17) is 4.74 Å². The number of anilines is 2. The van der Waals surface area contributed by atoms with E-state index in [2.05, 4.69) is 32.1 Å². The van der Waals surface area contributed by atoms with Gasteiger partial charge < -0.3 is 19.9 Å². The van der Waals surface area contributed by atoms with Crippen LogP contribution in [0.15, 0.2) is 36.7 Å². The summed E-state index contributed by atoms with van der Waals surface area (Å²) >= 11 is 0. The highest BCUT2D eigenvalue weighted by atomic mass is 16.5. The normalized spacial score (nSPS) is 15.2. The van der Waals surface area contributed by atoms with Gasteiger partial charge in [0, 0.05) is 50.3 Å². The van der Waals surface area contributed by atoms with Gasteiger partial charge in [0.1, 0.15) is 5.75 Å². The monoisotopic (exact) mass is 327 g/mol. The topological polar surface area (TPSA) is 70.6 Å². The van der Waals surface area contributed by atoms with Crippen molar-refractivity contribution in [3.8, 4) is 5.75 Å². The van der Waals surface area contributed by atoms with Crippen LogP contribution in [0.2, 0.25) is 0 Å². The molecule has 1 aliphatic heterocycles. The van der Waals surface area contributed by atoms with Crippen molar-refractivity contribution in [3.05, 3.63) is 42.2 Å². The Balaban J connectivity index is 1.65. The number of piperazine rings is 1. The van der Waals surface area contributed by atoms with E-state index in [1.54, 1.807) is 31.6 Å². The Hall–Kier alpha value is -2.67. The van der Waals surface area contributed by atoms with Crippen LogP contribution in [0.25, 0.3) is 0 Å². The first kappa shape index (κ1) is 16.2. The summed E-state index contributed by atoms with van der Waals surface area (Å²) in [5, 5.41) is 2.82. The van der Waals surface area contributed by atoms with Crippen molar-refractivity contribution in [2.45, 2.75) is 0 Å². The van der Waals surface area contributed by atoms with Crippen molar-refractivity contribution in [2.24, 2.45) is 0 Å². The lowest BCUT2D eigenvalue weighted by atomic mass is 10.2. The summed E-state index contributed by atoms with van der Waals surface area (Å²) in [6.07, 6.45) is 3.13. The molecule has 0 spiro atoms. The minimum atomic E-state index is -0.242. The third-order valence-corrected chi connectivity index (χ3v) is 4.01. The number of methoxy groups -OCH3 is 1. The number of amides is 1. The fraction of sp³-hybridized carbons (Fsp3) is 0.353. The smallest absolute Gasteiger partial charge is 0.258 e. The fourth-order valence-electron chi connectivity index (χ4n) is 2.51. The lowest BCUT2D eigenvalue weighted by Crippen LogP contribution is -2.45. The quantitative estimate of drug-likeness (QED) is 0.917. The van der Waals surface area contributed by atoms with E-state index in [9.17, 15) is 4.79 Å². The molecule has 1 saturated heterocycles. The van der Waals surface area contributed by atoms with Crippen molar-refractivity contribution < 1.29 is 9.53 Å². The molecule has 1 fully saturated rings. The predicted molar refractivity (Wildman–Crippen MR) is 92.7 cm³/mol. The number of likely N-dealkylation sites (N-methyl/N-ethyl adjacent to an activating group) is 1. The number of ether oxygens (including phenoxy) is 1. The minimum Gasteiger partial charge on any atom is -0.497 e. The van der Waals surface area contributed by atoms with E-state index < -0.39 is 0 Å². The number of hydrogen-bond donors (Lipinski definition) is 1. The van der Waals surface area contributed by atoms with Crippen molar-refractivity contribution in [3.63, 3.8) is 0 Å². The number of benzene rings is 1. The Bertz CT molecular complexity index is 696. The van der Waals surface area contributed by atoms with Gasteiger partial charge in [0.05, 0.1) is 12.7 Å². The third-order valence-electron chi connectivity index (χ3n) is 4.01. The maximum absolute atomic E-state index is 12.3. The minimum absolute atomic E-state index is 0.242. The SMILES string of the molecule is COc1cccc(NC(=O)c2cnc(N3CCN(C)CC3)nc2)c1. The van der Waals surface area contributed by atoms with Gasteiger partial charge in [-0.25, -0.2) is 9.97 Å². The highest BCUT2D eigenvalue weighted by molar-refractivity contribution is 6.03. The van der Waals surface area contributed by atoms with Gasteiger partial charge in [0.15, 0.2) is 0 Å². The lowest BCUT2D eigenvalue weighted by Gasteiger charge is -2.32. The number of aromatic nitrogens is 2. The van der Waals surface area contributed by atoms with Crippen LogP contribution >= 0.6 is 0 Å². The van der Waals surface area contributed by atoms with Gasteiger partial charge in [0.25, 0.3) is 5.91 Å². The molecule has 1 aromatic carbocycles. The summed E-state index contributed by atoms with van der Waals surface area (Å²) in [7, 11) is 3.69. The molecule has 0 aliphatic carbocycles. The highest BCUT2D eigenvalue weighted by Gasteiger charge is 2.17. The summed E-state index contributed by atoms with van der Waals surface area (Å²) in [5.74, 6) is 1.11. The zero-order chi connectivity index (χ0) is 16.9. The van der Waals surface area contributed by atoms with Gasteiger partial charge in [-0.2, -0.15) is 0 Å². The van der Waals surface area contributed by atoms with Crippen LogP contribution in [-0.2, 0) is 0 Å². The summed E-state index contributed by atoms with van der Waals surface area (Å²) in [6, 6.07) is 7.21. The molecule has 2 aromatic rings. The second-order valence-corrected chi connectivity index (χ2v) is 5.75. The molecule has 0 saturated carbocycles. The molecule has 0 radical (unpaired) electrons. The largest absolute Gasteiger partial charge is 0.497 e. The number of hydrogen-bond acceptors (Lipinski definition) is 6. The zero-order valence-corrected chi connectivity index (χ0v) is 13.9. The van der Waals surface area contributed by atoms with Gasteiger partial charge in [-0.3, -0.25) is 4.79 Å². The van der Waals surface area contributed by atoms with Gasteiger partial charge in [-0.1, -0.05) is 6.07 Å². The standard InChI is InChI=1S/C17H21N5O2/c1-21-6-8-22(9-7-21)17-18-11-13(12-19-17)16(23)20-14-4-3-5-15(10-14)24-2/h3-5,10-12H,6-9H2,1-2H3,(H,20,23). The summed E-state index contributed by atoms with van der Waals surface area (Å²) in [6.45, 7) is 3.76. The molecule has 0 bridgehead atoms. The Labute approximate surface area is 141 Å². The van der Waals surface area contributed by atoms with Crippen LogP contribution in [0.3, 0.4) is 0 Å². The molecular weight excluding hydrogens is 306 g/mol. The van der Waals surface area contributed by atoms with E-state index in [1.165, 1.54) is 0 Å². The summed E-state index contributed by atoms with van der Waals surface area (Å²) in [4.78, 5) is 25.4. The van der Waals surface area contributed by atoms with Crippen LogP contribution < -0.4 is 15.0 Å². The molecule has 126 valence electrons. The first-order valence-corrected chi connectivity index (χ1v) is 7.86. The van der Waals surface area contributed by atoms with Crippen molar-refractivity contribution >= 4 is 17.5 Å². The number of carbonyl (C=O) groups excluding carboxylic acids is 1. The second-order valence-electron chi connectivity index (χ2n) is 5.75. The molecule has 1 N–H and O–H groups in total. The van der Waals surface area contributed by atoms with Gasteiger partial charge in [-0.05, 0) is 19.2 Å². The molecule has 0 unspecified atom stereocenters. The molecule has 7 heteroatoms.